The van der Waals surface area contributed by atoms with Crippen LogP contribution in [-0.2, 0) is 6.54 Å². The van der Waals surface area contributed by atoms with Crippen molar-refractivity contribution in [3.63, 3.8) is 0 Å². The lowest BCUT2D eigenvalue weighted by atomic mass is 10.2. The van der Waals surface area contributed by atoms with Gasteiger partial charge in [0, 0.05) is 21.7 Å². The number of nitrogens with zero attached hydrogens (tertiary/aromatic N) is 2. The van der Waals surface area contributed by atoms with Crippen LogP contribution in [0.1, 0.15) is 11.3 Å². The van der Waals surface area contributed by atoms with Crippen molar-refractivity contribution in [2.45, 2.75) is 13.5 Å². The average molecular weight is 360 g/mol. The van der Waals surface area contributed by atoms with E-state index < -0.39 is 0 Å². The summed E-state index contributed by atoms with van der Waals surface area (Å²) in [5.41, 5.74) is 4.30. The van der Waals surface area contributed by atoms with Crippen molar-refractivity contribution in [1.82, 2.24) is 9.97 Å². The fraction of sp³-hybridized carbons (Fsp3) is 0.125. The molecule has 1 aromatic carbocycles. The summed E-state index contributed by atoms with van der Waals surface area (Å²) in [5.74, 6) is 0. The molecule has 0 unspecified atom stereocenters. The number of pyridine rings is 1. The fourth-order valence-corrected chi connectivity index (χ4v) is 3.28. The Bertz CT molecular complexity index is 740. The third-order valence-corrected chi connectivity index (χ3v) is 4.49. The summed E-state index contributed by atoms with van der Waals surface area (Å²) in [7, 11) is 0. The van der Waals surface area contributed by atoms with Gasteiger partial charge in [0.2, 0.25) is 0 Å². The molecule has 21 heavy (non-hydrogen) atoms. The van der Waals surface area contributed by atoms with Gasteiger partial charge in [-0.2, -0.15) is 0 Å². The molecule has 1 N–H and O–H groups in total. The number of rotatable bonds is 4. The number of nitrogens with one attached hydrogen (secondary N) is 1. The molecule has 0 aliphatic heterocycles. The van der Waals surface area contributed by atoms with Gasteiger partial charge < -0.3 is 5.32 Å². The first-order chi connectivity index (χ1) is 10.2. The molecular weight excluding hydrogens is 346 g/mol. The van der Waals surface area contributed by atoms with E-state index in [2.05, 4.69) is 55.7 Å². The maximum absolute atomic E-state index is 4.63. The van der Waals surface area contributed by atoms with Gasteiger partial charge in [0.25, 0.3) is 0 Å². The topological polar surface area (TPSA) is 37.8 Å². The van der Waals surface area contributed by atoms with Crippen LogP contribution in [0.4, 0.5) is 5.69 Å². The number of aryl methyl sites for hydroxylation is 1. The third-order valence-electron chi connectivity index (χ3n) is 3.08. The highest BCUT2D eigenvalue weighted by molar-refractivity contribution is 9.10. The van der Waals surface area contributed by atoms with E-state index >= 15 is 0 Å². The first kappa shape index (κ1) is 14.2. The molecule has 3 aromatic rings. The molecule has 2 heterocycles. The van der Waals surface area contributed by atoms with E-state index in [-0.39, 0.29) is 0 Å². The van der Waals surface area contributed by atoms with Crippen molar-refractivity contribution in [1.29, 1.82) is 0 Å². The van der Waals surface area contributed by atoms with Crippen LogP contribution in [0.25, 0.3) is 10.7 Å². The standard InChI is InChI=1S/C16H14BrN3S/c1-11-8-12(17)5-6-14(11)19-9-13-10-21-16(20-13)15-4-2-3-7-18-15/h2-8,10,19H,9H2,1H3. The smallest absolute Gasteiger partial charge is 0.142 e. The monoisotopic (exact) mass is 359 g/mol. The summed E-state index contributed by atoms with van der Waals surface area (Å²) in [6, 6.07) is 12.1. The molecule has 0 fully saturated rings. The number of thiazole rings is 1. The van der Waals surface area contributed by atoms with E-state index in [1.165, 1.54) is 5.56 Å². The minimum Gasteiger partial charge on any atom is -0.379 e. The molecule has 3 rings (SSSR count). The number of anilines is 1. The third kappa shape index (κ3) is 3.49. The van der Waals surface area contributed by atoms with Gasteiger partial charge in [-0.1, -0.05) is 22.0 Å². The lowest BCUT2D eigenvalue weighted by Gasteiger charge is -2.08. The summed E-state index contributed by atoms with van der Waals surface area (Å²) in [5, 5.41) is 6.46. The van der Waals surface area contributed by atoms with Crippen LogP contribution < -0.4 is 5.32 Å². The van der Waals surface area contributed by atoms with Crippen molar-refractivity contribution >= 4 is 33.0 Å². The summed E-state index contributed by atoms with van der Waals surface area (Å²) < 4.78 is 1.09. The first-order valence-electron chi connectivity index (χ1n) is 6.58. The molecule has 0 saturated heterocycles. The molecule has 3 nitrogen and oxygen atoms in total. The van der Waals surface area contributed by atoms with E-state index in [1.807, 2.05) is 24.3 Å². The van der Waals surface area contributed by atoms with E-state index in [0.717, 1.165) is 26.6 Å². The molecule has 0 aliphatic carbocycles. The number of halogens is 1. The Morgan fingerprint density at radius 3 is 2.90 bits per heavy atom. The highest BCUT2D eigenvalue weighted by Gasteiger charge is 2.06. The van der Waals surface area contributed by atoms with E-state index in [9.17, 15) is 0 Å². The zero-order valence-corrected chi connectivity index (χ0v) is 13.9. The Kier molecular flexibility index (Phi) is 4.31. The Morgan fingerprint density at radius 2 is 2.14 bits per heavy atom. The molecule has 106 valence electrons. The zero-order chi connectivity index (χ0) is 14.7. The lowest BCUT2D eigenvalue weighted by Crippen LogP contribution is -2.01. The Morgan fingerprint density at radius 1 is 1.24 bits per heavy atom. The van der Waals surface area contributed by atoms with Gasteiger partial charge in [-0.05, 0) is 42.8 Å². The Hall–Kier alpha value is -1.72. The van der Waals surface area contributed by atoms with Gasteiger partial charge in [0.15, 0.2) is 0 Å². The molecule has 0 aliphatic rings. The SMILES string of the molecule is Cc1cc(Br)ccc1NCc1csc(-c2ccccn2)n1. The van der Waals surface area contributed by atoms with Crippen LogP contribution in [0.15, 0.2) is 52.4 Å². The van der Waals surface area contributed by atoms with Crippen molar-refractivity contribution in [2.24, 2.45) is 0 Å². The van der Waals surface area contributed by atoms with Crippen molar-refractivity contribution in [3.8, 4) is 10.7 Å². The quantitative estimate of drug-likeness (QED) is 0.720. The van der Waals surface area contributed by atoms with Gasteiger partial charge in [-0.25, -0.2) is 4.98 Å². The maximum atomic E-state index is 4.63. The van der Waals surface area contributed by atoms with Crippen LogP contribution in [0, 0.1) is 6.92 Å². The number of benzene rings is 1. The van der Waals surface area contributed by atoms with Crippen LogP contribution in [0.2, 0.25) is 0 Å². The number of aromatic nitrogens is 2. The highest BCUT2D eigenvalue weighted by atomic mass is 79.9. The van der Waals surface area contributed by atoms with Crippen molar-refractivity contribution < 1.29 is 0 Å². The number of hydrogen-bond donors (Lipinski definition) is 1. The fourth-order valence-electron chi connectivity index (χ4n) is 2.01. The second kappa shape index (κ2) is 6.37. The predicted molar refractivity (Wildman–Crippen MR) is 91.6 cm³/mol. The van der Waals surface area contributed by atoms with Gasteiger partial charge in [0.1, 0.15) is 5.01 Å². The number of hydrogen-bond acceptors (Lipinski definition) is 4. The van der Waals surface area contributed by atoms with Gasteiger partial charge in [-0.3, -0.25) is 4.98 Å². The zero-order valence-electron chi connectivity index (χ0n) is 11.5. The summed E-state index contributed by atoms with van der Waals surface area (Å²) >= 11 is 5.10. The minimum atomic E-state index is 0.714. The predicted octanol–water partition coefficient (Wildman–Crippen LogP) is 4.89. The Labute approximate surface area is 136 Å². The second-order valence-corrected chi connectivity index (χ2v) is 6.45. The minimum absolute atomic E-state index is 0.714. The lowest BCUT2D eigenvalue weighted by molar-refractivity contribution is 1.07. The second-order valence-electron chi connectivity index (χ2n) is 4.67. The Balaban J connectivity index is 1.70. The molecule has 0 bridgehead atoms. The molecule has 0 radical (unpaired) electrons. The maximum Gasteiger partial charge on any atom is 0.142 e. The van der Waals surface area contributed by atoms with Crippen LogP contribution in [-0.4, -0.2) is 9.97 Å². The van der Waals surface area contributed by atoms with Gasteiger partial charge >= 0.3 is 0 Å². The summed E-state index contributed by atoms with van der Waals surface area (Å²) in [6.07, 6.45) is 1.79. The van der Waals surface area contributed by atoms with E-state index in [0.29, 0.717) is 6.54 Å². The molecule has 2 aromatic heterocycles. The van der Waals surface area contributed by atoms with Crippen molar-refractivity contribution in [2.75, 3.05) is 5.32 Å². The normalized spacial score (nSPS) is 10.6. The highest BCUT2D eigenvalue weighted by Crippen LogP contribution is 2.23. The first-order valence-corrected chi connectivity index (χ1v) is 8.25. The van der Waals surface area contributed by atoms with Crippen LogP contribution in [0.5, 0.6) is 0 Å². The van der Waals surface area contributed by atoms with E-state index in [1.54, 1.807) is 17.5 Å². The summed E-state index contributed by atoms with van der Waals surface area (Å²) in [6.45, 7) is 2.80. The molecular formula is C16H14BrN3S. The largest absolute Gasteiger partial charge is 0.379 e. The summed E-state index contributed by atoms with van der Waals surface area (Å²) in [4.78, 5) is 8.95. The van der Waals surface area contributed by atoms with Crippen LogP contribution in [0.3, 0.4) is 0 Å². The van der Waals surface area contributed by atoms with Gasteiger partial charge in [-0.15, -0.1) is 11.3 Å². The van der Waals surface area contributed by atoms with Crippen molar-refractivity contribution in [3.05, 3.63) is 63.7 Å². The van der Waals surface area contributed by atoms with Crippen LogP contribution >= 0.6 is 27.3 Å². The van der Waals surface area contributed by atoms with E-state index in [4.69, 9.17) is 0 Å². The molecule has 0 atom stereocenters. The molecule has 0 spiro atoms. The molecule has 0 amide bonds. The van der Waals surface area contributed by atoms with Gasteiger partial charge in [0.05, 0.1) is 17.9 Å². The molecule has 5 heteroatoms. The average Bonchev–Trinajstić information content (AvgIpc) is 2.96. The molecule has 0 saturated carbocycles.